The molecular formula is C17H28N2O2. The van der Waals surface area contributed by atoms with Crippen LogP contribution in [0.2, 0.25) is 0 Å². The first-order valence-electron chi connectivity index (χ1n) is 8.03. The maximum Gasteiger partial charge on any atom is 0.162 e. The van der Waals surface area contributed by atoms with Crippen LogP contribution in [0.15, 0.2) is 18.2 Å². The third-order valence-electron chi connectivity index (χ3n) is 4.10. The van der Waals surface area contributed by atoms with E-state index >= 15 is 0 Å². The van der Waals surface area contributed by atoms with Crippen LogP contribution in [0.4, 0.5) is 0 Å². The van der Waals surface area contributed by atoms with Gasteiger partial charge in [-0.2, -0.15) is 0 Å². The lowest BCUT2D eigenvalue weighted by Gasteiger charge is -2.29. The molecule has 118 valence electrons. The van der Waals surface area contributed by atoms with Crippen LogP contribution in [-0.4, -0.2) is 41.8 Å². The smallest absolute Gasteiger partial charge is 0.162 e. The lowest BCUT2D eigenvalue weighted by molar-refractivity contribution is 0.191. The number of hydrogen-bond donors (Lipinski definition) is 2. The van der Waals surface area contributed by atoms with Crippen LogP contribution in [0.3, 0.4) is 0 Å². The number of nitrogens with one attached hydrogen (secondary N) is 1. The van der Waals surface area contributed by atoms with Gasteiger partial charge in [-0.15, -0.1) is 0 Å². The molecule has 4 heteroatoms. The van der Waals surface area contributed by atoms with Crippen LogP contribution < -0.4 is 10.1 Å². The van der Waals surface area contributed by atoms with Crippen LogP contribution in [0.5, 0.6) is 11.5 Å². The highest BCUT2D eigenvalue weighted by atomic mass is 16.5. The topological polar surface area (TPSA) is 44.7 Å². The number of hydrogen-bond acceptors (Lipinski definition) is 4. The molecule has 1 aromatic carbocycles. The second-order valence-electron chi connectivity index (χ2n) is 6.01. The van der Waals surface area contributed by atoms with E-state index in [0.29, 0.717) is 24.4 Å². The molecule has 1 aliphatic heterocycles. The zero-order valence-corrected chi connectivity index (χ0v) is 13.4. The predicted molar refractivity (Wildman–Crippen MR) is 85.8 cm³/mol. The van der Waals surface area contributed by atoms with Gasteiger partial charge < -0.3 is 15.2 Å². The molecule has 0 saturated carbocycles. The Morgan fingerprint density at radius 3 is 2.86 bits per heavy atom. The molecular weight excluding hydrogens is 264 g/mol. The van der Waals surface area contributed by atoms with Crippen molar-refractivity contribution in [3.05, 3.63) is 23.8 Å². The van der Waals surface area contributed by atoms with Gasteiger partial charge in [-0.3, -0.25) is 4.90 Å². The summed E-state index contributed by atoms with van der Waals surface area (Å²) in [5.41, 5.74) is 0.938. The van der Waals surface area contributed by atoms with E-state index in [1.165, 1.54) is 12.8 Å². The zero-order chi connectivity index (χ0) is 15.2. The Labute approximate surface area is 128 Å². The van der Waals surface area contributed by atoms with Gasteiger partial charge in [0.05, 0.1) is 6.61 Å². The molecule has 2 N–H and O–H groups in total. The van der Waals surface area contributed by atoms with Gasteiger partial charge in [0.15, 0.2) is 11.5 Å². The molecule has 0 amide bonds. The van der Waals surface area contributed by atoms with E-state index < -0.39 is 0 Å². The Balaban J connectivity index is 2.07. The van der Waals surface area contributed by atoms with Crippen molar-refractivity contribution in [3.63, 3.8) is 0 Å². The fraction of sp³-hybridized carbons (Fsp3) is 0.647. The Hall–Kier alpha value is -1.26. The molecule has 1 aliphatic rings. The SMILES string of the molecule is CCOc1cccc(CN(CC2CCCN2)C(C)C)c1O. The van der Waals surface area contributed by atoms with E-state index in [9.17, 15) is 5.11 Å². The van der Waals surface area contributed by atoms with Gasteiger partial charge in [0, 0.05) is 30.7 Å². The largest absolute Gasteiger partial charge is 0.504 e. The van der Waals surface area contributed by atoms with Crippen molar-refractivity contribution in [1.29, 1.82) is 0 Å². The van der Waals surface area contributed by atoms with Crippen molar-refractivity contribution < 1.29 is 9.84 Å². The molecule has 0 aromatic heterocycles. The molecule has 2 rings (SSSR count). The molecule has 1 unspecified atom stereocenters. The molecule has 1 saturated heterocycles. The number of rotatable bonds is 7. The summed E-state index contributed by atoms with van der Waals surface area (Å²) >= 11 is 0. The van der Waals surface area contributed by atoms with Gasteiger partial charge in [0.2, 0.25) is 0 Å². The van der Waals surface area contributed by atoms with Crippen molar-refractivity contribution in [1.82, 2.24) is 10.2 Å². The second-order valence-corrected chi connectivity index (χ2v) is 6.01. The van der Waals surface area contributed by atoms with Crippen molar-refractivity contribution in [2.45, 2.75) is 52.2 Å². The molecule has 1 aromatic rings. The molecule has 1 fully saturated rings. The molecule has 0 spiro atoms. The lowest BCUT2D eigenvalue weighted by atomic mass is 10.1. The van der Waals surface area contributed by atoms with Gasteiger partial charge in [-0.25, -0.2) is 0 Å². The lowest BCUT2D eigenvalue weighted by Crippen LogP contribution is -2.40. The average molecular weight is 292 g/mol. The van der Waals surface area contributed by atoms with E-state index in [1.54, 1.807) is 0 Å². The van der Waals surface area contributed by atoms with Gasteiger partial charge in [0.1, 0.15) is 0 Å². The van der Waals surface area contributed by atoms with E-state index in [0.717, 1.165) is 25.2 Å². The molecule has 4 nitrogen and oxygen atoms in total. The Morgan fingerprint density at radius 1 is 1.43 bits per heavy atom. The molecule has 0 bridgehead atoms. The highest BCUT2D eigenvalue weighted by Gasteiger charge is 2.21. The van der Waals surface area contributed by atoms with Gasteiger partial charge >= 0.3 is 0 Å². The fourth-order valence-electron chi connectivity index (χ4n) is 2.84. The van der Waals surface area contributed by atoms with Crippen LogP contribution in [0, 0.1) is 0 Å². The van der Waals surface area contributed by atoms with Gasteiger partial charge in [0.25, 0.3) is 0 Å². The summed E-state index contributed by atoms with van der Waals surface area (Å²) in [6.07, 6.45) is 2.51. The summed E-state index contributed by atoms with van der Waals surface area (Å²) in [4.78, 5) is 2.41. The number of phenolic OH excluding ortho intramolecular Hbond substituents is 1. The first-order valence-corrected chi connectivity index (χ1v) is 8.03. The minimum absolute atomic E-state index is 0.282. The number of ether oxygens (including phenoxy) is 1. The zero-order valence-electron chi connectivity index (χ0n) is 13.4. The summed E-state index contributed by atoms with van der Waals surface area (Å²) in [6.45, 7) is 9.81. The molecule has 0 aliphatic carbocycles. The maximum absolute atomic E-state index is 10.3. The van der Waals surface area contributed by atoms with Crippen LogP contribution in [0.1, 0.15) is 39.2 Å². The number of benzene rings is 1. The summed E-state index contributed by atoms with van der Waals surface area (Å²) in [5, 5.41) is 13.9. The number of para-hydroxylation sites is 1. The number of phenols is 1. The minimum Gasteiger partial charge on any atom is -0.504 e. The van der Waals surface area contributed by atoms with Crippen LogP contribution >= 0.6 is 0 Å². The maximum atomic E-state index is 10.3. The predicted octanol–water partition coefficient (Wildman–Crippen LogP) is 2.75. The van der Waals surface area contributed by atoms with E-state index in [2.05, 4.69) is 24.1 Å². The first kappa shape index (κ1) is 16.1. The average Bonchev–Trinajstić information content (AvgIpc) is 2.95. The Morgan fingerprint density at radius 2 is 2.24 bits per heavy atom. The van der Waals surface area contributed by atoms with Crippen LogP contribution in [0.25, 0.3) is 0 Å². The molecule has 1 heterocycles. The number of aromatic hydroxyl groups is 1. The quantitative estimate of drug-likeness (QED) is 0.811. The standard InChI is InChI=1S/C17H28N2O2/c1-4-21-16-9-5-7-14(17(16)20)11-19(13(2)3)12-15-8-6-10-18-15/h5,7,9,13,15,18,20H,4,6,8,10-12H2,1-3H3. The Bertz CT molecular complexity index is 442. The van der Waals surface area contributed by atoms with Gasteiger partial charge in [-0.1, -0.05) is 12.1 Å². The molecule has 0 radical (unpaired) electrons. The van der Waals surface area contributed by atoms with E-state index in [4.69, 9.17) is 4.74 Å². The van der Waals surface area contributed by atoms with E-state index in [-0.39, 0.29) is 5.75 Å². The highest BCUT2D eigenvalue weighted by molar-refractivity contribution is 5.45. The third kappa shape index (κ3) is 4.35. The third-order valence-corrected chi connectivity index (χ3v) is 4.10. The van der Waals surface area contributed by atoms with Crippen molar-refractivity contribution in [2.75, 3.05) is 19.7 Å². The first-order chi connectivity index (χ1) is 10.1. The summed E-state index contributed by atoms with van der Waals surface area (Å²) in [6, 6.07) is 6.77. The normalized spacial score (nSPS) is 18.6. The Kier molecular flexibility index (Phi) is 5.88. The summed E-state index contributed by atoms with van der Waals surface area (Å²) in [5.74, 6) is 0.863. The highest BCUT2D eigenvalue weighted by Crippen LogP contribution is 2.31. The second kappa shape index (κ2) is 7.66. The van der Waals surface area contributed by atoms with Gasteiger partial charge in [-0.05, 0) is 46.2 Å². The van der Waals surface area contributed by atoms with Crippen molar-refractivity contribution in [2.24, 2.45) is 0 Å². The minimum atomic E-state index is 0.282. The summed E-state index contributed by atoms with van der Waals surface area (Å²) in [7, 11) is 0. The number of nitrogens with zero attached hydrogens (tertiary/aromatic N) is 1. The van der Waals surface area contributed by atoms with Crippen LogP contribution in [-0.2, 0) is 6.54 Å². The molecule has 1 atom stereocenters. The summed E-state index contributed by atoms with van der Waals surface area (Å²) < 4.78 is 5.47. The monoisotopic (exact) mass is 292 g/mol. The van der Waals surface area contributed by atoms with E-state index in [1.807, 2.05) is 25.1 Å². The van der Waals surface area contributed by atoms with Crippen molar-refractivity contribution >= 4 is 0 Å². The fourth-order valence-corrected chi connectivity index (χ4v) is 2.84. The van der Waals surface area contributed by atoms with Crippen molar-refractivity contribution in [3.8, 4) is 11.5 Å². The molecule has 21 heavy (non-hydrogen) atoms.